The van der Waals surface area contributed by atoms with E-state index in [1.807, 2.05) is 12.4 Å². The average Bonchev–Trinajstić information content (AvgIpc) is 2.70. The minimum atomic E-state index is -0.487. The minimum Gasteiger partial charge on any atom is -0.389 e. The van der Waals surface area contributed by atoms with Gasteiger partial charge in [-0.2, -0.15) is 0 Å². The lowest BCUT2D eigenvalue weighted by molar-refractivity contribution is 0.0390. The first-order chi connectivity index (χ1) is 8.59. The van der Waals surface area contributed by atoms with Gasteiger partial charge in [0.15, 0.2) is 0 Å². The second-order valence-corrected chi connectivity index (χ2v) is 6.05. The van der Waals surface area contributed by atoms with Crippen LogP contribution >= 0.6 is 27.3 Å². The molecule has 0 radical (unpaired) electrons. The maximum atomic E-state index is 9.63. The van der Waals surface area contributed by atoms with E-state index >= 15 is 0 Å². The van der Waals surface area contributed by atoms with E-state index in [0.717, 1.165) is 16.6 Å². The summed E-state index contributed by atoms with van der Waals surface area (Å²) in [5.41, 5.74) is 2.91. The van der Waals surface area contributed by atoms with Gasteiger partial charge in [0.1, 0.15) is 0 Å². The van der Waals surface area contributed by atoms with Crippen molar-refractivity contribution in [2.24, 2.45) is 0 Å². The standard InChI is InChI=1S/C12H19BrN2O2S/c1-9(13)5-14-6-11(16)7-17-4-3-12-10(2)15-8-18-12/h8,11,14,16H,1,3-7H2,2H3. The molecule has 0 saturated carbocycles. The van der Waals surface area contributed by atoms with Crippen molar-refractivity contribution in [1.29, 1.82) is 0 Å². The number of rotatable bonds is 9. The molecule has 0 saturated heterocycles. The Balaban J connectivity index is 2.03. The largest absolute Gasteiger partial charge is 0.389 e. The Morgan fingerprint density at radius 3 is 3.11 bits per heavy atom. The van der Waals surface area contributed by atoms with Crippen LogP contribution < -0.4 is 5.32 Å². The van der Waals surface area contributed by atoms with Crippen molar-refractivity contribution in [3.05, 3.63) is 27.1 Å². The molecule has 18 heavy (non-hydrogen) atoms. The first-order valence-corrected chi connectivity index (χ1v) is 7.45. The Morgan fingerprint density at radius 1 is 1.72 bits per heavy atom. The van der Waals surface area contributed by atoms with E-state index in [1.54, 1.807) is 11.3 Å². The second kappa shape index (κ2) is 8.77. The number of aromatic nitrogens is 1. The average molecular weight is 335 g/mol. The number of aryl methyl sites for hydroxylation is 1. The molecule has 1 aromatic heterocycles. The van der Waals surface area contributed by atoms with E-state index in [0.29, 0.717) is 26.3 Å². The van der Waals surface area contributed by atoms with Crippen molar-refractivity contribution >= 4 is 27.3 Å². The molecule has 1 atom stereocenters. The van der Waals surface area contributed by atoms with E-state index in [-0.39, 0.29) is 0 Å². The van der Waals surface area contributed by atoms with Crippen LogP contribution in [0.15, 0.2) is 16.6 Å². The van der Waals surface area contributed by atoms with Crippen LogP contribution in [0.2, 0.25) is 0 Å². The van der Waals surface area contributed by atoms with Crippen molar-refractivity contribution in [2.75, 3.05) is 26.3 Å². The molecule has 102 valence electrons. The monoisotopic (exact) mass is 334 g/mol. The summed E-state index contributed by atoms with van der Waals surface area (Å²) in [4.78, 5) is 5.43. The minimum absolute atomic E-state index is 0.347. The molecular formula is C12H19BrN2O2S. The number of hydrogen-bond donors (Lipinski definition) is 2. The van der Waals surface area contributed by atoms with Gasteiger partial charge in [-0.25, -0.2) is 4.98 Å². The lowest BCUT2D eigenvalue weighted by Crippen LogP contribution is -2.31. The summed E-state index contributed by atoms with van der Waals surface area (Å²) in [5.74, 6) is 0. The van der Waals surface area contributed by atoms with Gasteiger partial charge in [0, 0.05) is 28.9 Å². The summed E-state index contributed by atoms with van der Waals surface area (Å²) >= 11 is 4.89. The molecule has 1 unspecified atom stereocenters. The highest BCUT2D eigenvalue weighted by Crippen LogP contribution is 2.12. The van der Waals surface area contributed by atoms with Crippen molar-refractivity contribution in [3.63, 3.8) is 0 Å². The van der Waals surface area contributed by atoms with Gasteiger partial charge < -0.3 is 15.2 Å². The number of hydrogen-bond acceptors (Lipinski definition) is 5. The van der Waals surface area contributed by atoms with Gasteiger partial charge in [0.05, 0.1) is 30.5 Å². The summed E-state index contributed by atoms with van der Waals surface area (Å²) in [6.07, 6.45) is 0.369. The molecule has 0 aromatic carbocycles. The predicted molar refractivity (Wildman–Crippen MR) is 78.3 cm³/mol. The van der Waals surface area contributed by atoms with Gasteiger partial charge >= 0.3 is 0 Å². The SMILES string of the molecule is C=C(Br)CNCC(O)COCCc1scnc1C. The molecule has 0 aliphatic heterocycles. The molecule has 2 N–H and O–H groups in total. The number of ether oxygens (including phenoxy) is 1. The Hall–Kier alpha value is -0.270. The Bertz CT molecular complexity index is 371. The van der Waals surface area contributed by atoms with Crippen LogP contribution in [0.25, 0.3) is 0 Å². The van der Waals surface area contributed by atoms with Gasteiger partial charge in [0.25, 0.3) is 0 Å². The summed E-state index contributed by atoms with van der Waals surface area (Å²) in [7, 11) is 0. The summed E-state index contributed by atoms with van der Waals surface area (Å²) in [6, 6.07) is 0. The first-order valence-electron chi connectivity index (χ1n) is 5.78. The Morgan fingerprint density at radius 2 is 2.50 bits per heavy atom. The van der Waals surface area contributed by atoms with Crippen LogP contribution in [0.5, 0.6) is 0 Å². The maximum Gasteiger partial charge on any atom is 0.0897 e. The predicted octanol–water partition coefficient (Wildman–Crippen LogP) is 1.87. The number of nitrogens with zero attached hydrogens (tertiary/aromatic N) is 1. The molecule has 6 heteroatoms. The molecule has 0 aliphatic carbocycles. The van der Waals surface area contributed by atoms with E-state index in [2.05, 4.69) is 32.8 Å². The molecule has 0 fully saturated rings. The van der Waals surface area contributed by atoms with E-state index in [4.69, 9.17) is 4.74 Å². The van der Waals surface area contributed by atoms with Crippen LogP contribution in [0.1, 0.15) is 10.6 Å². The van der Waals surface area contributed by atoms with Crippen LogP contribution in [0.3, 0.4) is 0 Å². The maximum absolute atomic E-state index is 9.63. The third-order valence-electron chi connectivity index (χ3n) is 2.33. The van der Waals surface area contributed by atoms with Crippen molar-refractivity contribution in [3.8, 4) is 0 Å². The normalized spacial score (nSPS) is 12.6. The van der Waals surface area contributed by atoms with Crippen LogP contribution in [0.4, 0.5) is 0 Å². The van der Waals surface area contributed by atoms with Gasteiger partial charge in [-0.3, -0.25) is 0 Å². The van der Waals surface area contributed by atoms with Gasteiger partial charge in [-0.05, 0) is 6.92 Å². The number of nitrogens with one attached hydrogen (secondary N) is 1. The van der Waals surface area contributed by atoms with Gasteiger partial charge in [-0.15, -0.1) is 11.3 Å². The van der Waals surface area contributed by atoms with E-state index < -0.39 is 6.10 Å². The number of aliphatic hydroxyl groups excluding tert-OH is 1. The summed E-state index contributed by atoms with van der Waals surface area (Å²) < 4.78 is 6.31. The van der Waals surface area contributed by atoms with E-state index in [1.165, 1.54) is 4.88 Å². The highest BCUT2D eigenvalue weighted by molar-refractivity contribution is 9.11. The highest BCUT2D eigenvalue weighted by Gasteiger charge is 2.05. The fourth-order valence-corrected chi connectivity index (χ4v) is 2.34. The van der Waals surface area contributed by atoms with Crippen LogP contribution in [-0.2, 0) is 11.2 Å². The molecule has 1 rings (SSSR count). The van der Waals surface area contributed by atoms with Crippen molar-refractivity contribution < 1.29 is 9.84 Å². The molecule has 0 aliphatic rings. The lowest BCUT2D eigenvalue weighted by atomic mass is 10.3. The third-order valence-corrected chi connectivity index (χ3v) is 3.60. The zero-order chi connectivity index (χ0) is 13.4. The molecule has 0 bridgehead atoms. The van der Waals surface area contributed by atoms with Gasteiger partial charge in [0.2, 0.25) is 0 Å². The fourth-order valence-electron chi connectivity index (χ4n) is 1.38. The number of halogens is 1. The molecular weight excluding hydrogens is 316 g/mol. The zero-order valence-corrected chi connectivity index (χ0v) is 12.9. The fraction of sp³-hybridized carbons (Fsp3) is 0.583. The zero-order valence-electron chi connectivity index (χ0n) is 10.5. The smallest absolute Gasteiger partial charge is 0.0897 e. The second-order valence-electron chi connectivity index (χ2n) is 3.99. The molecule has 1 heterocycles. The Kier molecular flexibility index (Phi) is 7.69. The van der Waals surface area contributed by atoms with Crippen molar-refractivity contribution in [1.82, 2.24) is 10.3 Å². The number of thiazole rings is 1. The molecule has 1 aromatic rings. The lowest BCUT2D eigenvalue weighted by Gasteiger charge is -2.11. The topological polar surface area (TPSA) is 54.4 Å². The summed E-state index contributed by atoms with van der Waals surface area (Å²) in [5, 5.41) is 12.7. The quantitative estimate of drug-likeness (QED) is 0.677. The Labute approximate surface area is 120 Å². The summed E-state index contributed by atoms with van der Waals surface area (Å²) in [6.45, 7) is 7.82. The molecule has 0 amide bonds. The first kappa shape index (κ1) is 15.8. The van der Waals surface area contributed by atoms with Crippen molar-refractivity contribution in [2.45, 2.75) is 19.4 Å². The number of aliphatic hydroxyl groups is 1. The molecule has 4 nitrogen and oxygen atoms in total. The highest BCUT2D eigenvalue weighted by atomic mass is 79.9. The third kappa shape index (κ3) is 6.61. The van der Waals surface area contributed by atoms with E-state index in [9.17, 15) is 5.11 Å². The molecule has 0 spiro atoms. The van der Waals surface area contributed by atoms with Crippen LogP contribution in [-0.4, -0.2) is 42.5 Å². The van der Waals surface area contributed by atoms with Crippen LogP contribution in [0, 0.1) is 6.92 Å². The van der Waals surface area contributed by atoms with Gasteiger partial charge in [-0.1, -0.05) is 22.5 Å².